The first-order valence-corrected chi connectivity index (χ1v) is 14.9. The van der Waals surface area contributed by atoms with Gasteiger partial charge in [-0.3, -0.25) is 4.99 Å². The van der Waals surface area contributed by atoms with E-state index in [1.165, 1.54) is 11.9 Å². The predicted molar refractivity (Wildman–Crippen MR) is 163 cm³/mol. The van der Waals surface area contributed by atoms with E-state index in [2.05, 4.69) is 25.7 Å². The van der Waals surface area contributed by atoms with E-state index in [-0.39, 0.29) is 50.5 Å². The molecule has 2 aromatic heterocycles. The number of aromatic amines is 1. The number of ether oxygens (including phenoxy) is 1. The van der Waals surface area contributed by atoms with Crippen LogP contribution in [0.15, 0.2) is 52.6 Å². The van der Waals surface area contributed by atoms with Crippen molar-refractivity contribution in [3.05, 3.63) is 48.3 Å². The second-order valence-electron chi connectivity index (χ2n) is 8.40. The van der Waals surface area contributed by atoms with Crippen molar-refractivity contribution in [1.29, 1.82) is 0 Å². The maximum atomic E-state index is 11.7. The van der Waals surface area contributed by atoms with Crippen molar-refractivity contribution in [2.75, 3.05) is 55.6 Å². The highest BCUT2D eigenvalue weighted by atomic mass is 32.2. The summed E-state index contributed by atoms with van der Waals surface area (Å²) in [6.45, 7) is 2.91. The maximum absolute atomic E-state index is 11.7. The van der Waals surface area contributed by atoms with Crippen molar-refractivity contribution in [2.45, 2.75) is 25.1 Å². The third-order valence-electron chi connectivity index (χ3n) is 5.81. The van der Waals surface area contributed by atoms with Gasteiger partial charge < -0.3 is 35.4 Å². The number of benzene rings is 1. The fourth-order valence-electron chi connectivity index (χ4n) is 4.06. The second kappa shape index (κ2) is 15.5. The average Bonchev–Trinajstić information content (AvgIpc) is 3.50. The molecular weight excluding hydrogens is 563 g/mol. The number of H-pyrrole nitrogens is 1. The molecule has 4 heterocycles. The Kier molecular flexibility index (Phi) is 13.8. The number of nitrogens with one attached hydrogen (secondary N) is 2. The number of aromatic nitrogens is 2. The molecule has 0 saturated carbocycles. The van der Waals surface area contributed by atoms with Gasteiger partial charge in [0.2, 0.25) is 0 Å². The molecule has 3 aromatic rings. The molecule has 5 rings (SSSR count). The van der Waals surface area contributed by atoms with Gasteiger partial charge in [0, 0.05) is 54.5 Å². The minimum Gasteiger partial charge on any atom is -0.491 e. The molecule has 218 valence electrons. The zero-order valence-electron chi connectivity index (χ0n) is 20.0. The molecule has 7 N–H and O–H groups in total. The van der Waals surface area contributed by atoms with Crippen LogP contribution in [0.25, 0.3) is 10.9 Å². The third-order valence-corrected chi connectivity index (χ3v) is 9.40. The highest BCUT2D eigenvalue weighted by Crippen LogP contribution is 2.35. The van der Waals surface area contributed by atoms with Crippen molar-refractivity contribution in [1.82, 2.24) is 14.9 Å². The molecule has 1 aromatic carbocycles. The Hall–Kier alpha value is -2.33. The smallest absolute Gasteiger partial charge is 0.152 e. The van der Waals surface area contributed by atoms with Gasteiger partial charge in [-0.2, -0.15) is 0 Å². The lowest BCUT2D eigenvalue weighted by molar-refractivity contribution is 0.201. The summed E-state index contributed by atoms with van der Waals surface area (Å²) in [5.74, 6) is 1.15. The molecule has 14 heteroatoms. The van der Waals surface area contributed by atoms with Crippen LogP contribution in [0.1, 0.15) is 20.5 Å². The zero-order chi connectivity index (χ0) is 24.3. The van der Waals surface area contributed by atoms with E-state index in [0.717, 1.165) is 38.9 Å². The number of sulfone groups is 1. The lowest BCUT2D eigenvalue weighted by Gasteiger charge is -2.28. The van der Waals surface area contributed by atoms with Crippen LogP contribution in [0.3, 0.4) is 0 Å². The number of aliphatic hydroxyl groups excluding tert-OH is 1. The lowest BCUT2D eigenvalue weighted by atomic mass is 10.2. The average molecular weight is 602 g/mol. The second-order valence-corrected chi connectivity index (χ2v) is 12.8. The highest BCUT2D eigenvalue weighted by Gasteiger charge is 2.28. The van der Waals surface area contributed by atoms with Crippen LogP contribution in [-0.2, 0) is 9.84 Å². The number of hydrogen-bond donors (Lipinski definition) is 3. The van der Waals surface area contributed by atoms with Crippen LogP contribution in [0, 0.1) is 0 Å². The SMILES string of the molecule is C.C.O.O.O=S1(=O)CCN(CC2CN=C(c3cc4cc(OCCO)cc(NSc5ccccn5)c4[nH]3)S2)CC1. The first-order valence-electron chi connectivity index (χ1n) is 11.4. The summed E-state index contributed by atoms with van der Waals surface area (Å²) < 4.78 is 32.5. The van der Waals surface area contributed by atoms with Crippen molar-refractivity contribution < 1.29 is 29.2 Å². The zero-order valence-corrected chi connectivity index (χ0v) is 22.5. The van der Waals surface area contributed by atoms with Gasteiger partial charge >= 0.3 is 0 Å². The molecule has 1 saturated heterocycles. The lowest BCUT2D eigenvalue weighted by Crippen LogP contribution is -2.43. The first-order chi connectivity index (χ1) is 17.0. The Morgan fingerprint density at radius 3 is 2.64 bits per heavy atom. The number of hydrogen-bond acceptors (Lipinski definition) is 10. The Morgan fingerprint density at radius 2 is 1.95 bits per heavy atom. The summed E-state index contributed by atoms with van der Waals surface area (Å²) in [6.07, 6.45) is 1.75. The molecule has 0 radical (unpaired) electrons. The number of thioether (sulfide) groups is 1. The van der Waals surface area contributed by atoms with Crippen molar-refractivity contribution in [2.24, 2.45) is 4.99 Å². The fourth-order valence-corrected chi connectivity index (χ4v) is 7.10. The summed E-state index contributed by atoms with van der Waals surface area (Å²) in [4.78, 5) is 14.9. The molecule has 11 nitrogen and oxygen atoms in total. The van der Waals surface area contributed by atoms with Crippen LogP contribution in [-0.4, -0.2) is 101 Å². The number of nitrogens with zero attached hydrogens (tertiary/aromatic N) is 3. The fraction of sp³-hybridized carbons (Fsp3) is 0.440. The van der Waals surface area contributed by atoms with Gasteiger partial charge in [-0.05, 0) is 24.3 Å². The summed E-state index contributed by atoms with van der Waals surface area (Å²) in [7, 11) is -2.87. The van der Waals surface area contributed by atoms with Crippen LogP contribution in [0.2, 0.25) is 0 Å². The van der Waals surface area contributed by atoms with E-state index >= 15 is 0 Å². The molecule has 1 fully saturated rings. The minimum absolute atomic E-state index is 0. The summed E-state index contributed by atoms with van der Waals surface area (Å²) in [5.41, 5.74) is 2.73. The van der Waals surface area contributed by atoms with Gasteiger partial charge in [-0.1, -0.05) is 32.7 Å². The molecule has 1 atom stereocenters. The Bertz CT molecular complexity index is 1310. The normalized spacial score (nSPS) is 18.1. The van der Waals surface area contributed by atoms with Gasteiger partial charge in [-0.15, -0.1) is 0 Å². The monoisotopic (exact) mass is 601 g/mol. The molecule has 0 spiro atoms. The van der Waals surface area contributed by atoms with E-state index in [4.69, 9.17) is 14.8 Å². The van der Waals surface area contributed by atoms with Crippen LogP contribution in [0.5, 0.6) is 5.75 Å². The molecular formula is C25H39N5O6S3. The van der Waals surface area contributed by atoms with Gasteiger partial charge in [-0.25, -0.2) is 13.4 Å². The van der Waals surface area contributed by atoms with Crippen molar-refractivity contribution >= 4 is 55.2 Å². The topological polar surface area (TPSA) is 183 Å². The van der Waals surface area contributed by atoms with Gasteiger partial charge in [0.15, 0.2) is 9.84 Å². The van der Waals surface area contributed by atoms with Crippen LogP contribution < -0.4 is 9.46 Å². The summed E-state index contributed by atoms with van der Waals surface area (Å²) in [6, 6.07) is 11.7. The largest absolute Gasteiger partial charge is 0.491 e. The minimum atomic E-state index is -2.87. The Labute approximate surface area is 238 Å². The number of fused-ring (bicyclic) bond motifs is 1. The van der Waals surface area contributed by atoms with Crippen LogP contribution in [0.4, 0.5) is 5.69 Å². The molecule has 2 aliphatic rings. The number of anilines is 1. The van der Waals surface area contributed by atoms with Gasteiger partial charge in [0.05, 0.1) is 41.6 Å². The van der Waals surface area contributed by atoms with E-state index in [1.54, 1.807) is 18.0 Å². The van der Waals surface area contributed by atoms with Crippen molar-refractivity contribution in [3.63, 3.8) is 0 Å². The molecule has 2 aliphatic heterocycles. The van der Waals surface area contributed by atoms with Crippen molar-refractivity contribution in [3.8, 4) is 5.75 Å². The molecule has 0 aliphatic carbocycles. The maximum Gasteiger partial charge on any atom is 0.152 e. The highest BCUT2D eigenvalue weighted by molar-refractivity contribution is 8.15. The Balaban J connectivity index is 0.00000190. The van der Waals surface area contributed by atoms with E-state index < -0.39 is 9.84 Å². The summed E-state index contributed by atoms with van der Waals surface area (Å²) >= 11 is 3.15. The number of aliphatic hydroxyl groups is 1. The Morgan fingerprint density at radius 1 is 1.18 bits per heavy atom. The number of rotatable bonds is 9. The van der Waals surface area contributed by atoms with Gasteiger partial charge in [0.25, 0.3) is 0 Å². The van der Waals surface area contributed by atoms with E-state index in [9.17, 15) is 8.42 Å². The molecule has 0 bridgehead atoms. The van der Waals surface area contributed by atoms with Gasteiger partial charge in [0.1, 0.15) is 22.4 Å². The summed E-state index contributed by atoms with van der Waals surface area (Å²) in [5, 5.41) is 12.3. The molecule has 39 heavy (non-hydrogen) atoms. The van der Waals surface area contributed by atoms with E-state index in [1.807, 2.05) is 30.3 Å². The van der Waals surface area contributed by atoms with E-state index in [0.29, 0.717) is 30.6 Å². The molecule has 1 unspecified atom stereocenters. The quantitative estimate of drug-likeness (QED) is 0.310. The number of pyridine rings is 1. The standard InChI is InChI=1S/C23H27N5O4S3.2CH4.2H2O/c29-7-8-32-17-11-16-12-20(26-22(16)19(13-17)27-34-21-3-1-2-4-24-21)23-25-14-18(33-23)15-28-5-9-35(30,31)10-6-28;;;;/h1-4,11-13,18,26-27,29H,5-10,14-15H2;2*1H4;2*1H2. The first kappa shape index (κ1) is 34.7. The number of aliphatic imine (C=N–C) groups is 1. The molecule has 0 amide bonds. The van der Waals surface area contributed by atoms with Crippen LogP contribution >= 0.6 is 23.7 Å². The third kappa shape index (κ3) is 8.83. The predicted octanol–water partition coefficient (Wildman–Crippen LogP) is 2.27.